The molecule has 28 heavy (non-hydrogen) atoms. The molecule has 0 aromatic carbocycles. The largest absolute Gasteiger partial charge is 0.394 e. The number of nitrogens with zero attached hydrogens (tertiary/aromatic N) is 6. The highest BCUT2D eigenvalue weighted by Crippen LogP contribution is 2.33. The smallest absolute Gasteiger partial charge is 0.280 e. The van der Waals surface area contributed by atoms with E-state index in [2.05, 4.69) is 19.9 Å². The van der Waals surface area contributed by atoms with Gasteiger partial charge in [-0.3, -0.25) is 14.3 Å². The van der Waals surface area contributed by atoms with E-state index in [0.717, 1.165) is 0 Å². The average Bonchev–Trinajstić information content (AvgIpc) is 3.22. The molecule has 1 fully saturated rings. The Bertz CT molecular complexity index is 947. The van der Waals surface area contributed by atoms with Crippen LogP contribution in [0.25, 0.3) is 11.2 Å². The number of nitriles is 1. The summed E-state index contributed by atoms with van der Waals surface area (Å²) in [6.45, 7) is -0.343. The Morgan fingerprint density at radius 1 is 1.57 bits per heavy atom. The van der Waals surface area contributed by atoms with Crippen molar-refractivity contribution >= 4 is 23.5 Å². The van der Waals surface area contributed by atoms with E-state index < -0.39 is 36.7 Å². The standard InChI is InChI=1S/C16H21N7O5/c1-22(2)7-19-16-20-13-10(14(26)21-16)18-8-23(13)15-12(27-5-3-4-17)11(25)9(6-24)28-15/h7-9,11-12,15,24-25H,3,5-6H2,1-2H3,(H,20,21,26)/b19-7+/t9-,11?,12?,15-/m1/s1. The molecule has 0 saturated carbocycles. The number of imidazole rings is 1. The van der Waals surface area contributed by atoms with Gasteiger partial charge in [0.05, 0.1) is 38.4 Å². The third-order valence-electron chi connectivity index (χ3n) is 4.12. The van der Waals surface area contributed by atoms with E-state index in [1.54, 1.807) is 19.0 Å². The van der Waals surface area contributed by atoms with Gasteiger partial charge in [-0.05, 0) is 0 Å². The van der Waals surface area contributed by atoms with Crippen LogP contribution in [0.1, 0.15) is 12.6 Å². The zero-order valence-corrected chi connectivity index (χ0v) is 15.4. The van der Waals surface area contributed by atoms with E-state index in [1.165, 1.54) is 17.2 Å². The monoisotopic (exact) mass is 391 g/mol. The topological polar surface area (TPSA) is 162 Å². The first-order chi connectivity index (χ1) is 13.5. The summed E-state index contributed by atoms with van der Waals surface area (Å²) in [5.74, 6) is 0.0761. The maximum Gasteiger partial charge on any atom is 0.280 e. The first-order valence-electron chi connectivity index (χ1n) is 8.56. The lowest BCUT2D eigenvalue weighted by atomic mass is 10.1. The summed E-state index contributed by atoms with van der Waals surface area (Å²) in [7, 11) is 3.55. The van der Waals surface area contributed by atoms with Gasteiger partial charge < -0.3 is 24.6 Å². The molecule has 12 nitrogen and oxygen atoms in total. The fraction of sp³-hybridized carbons (Fsp3) is 0.562. The minimum Gasteiger partial charge on any atom is -0.394 e. The molecule has 2 aromatic rings. The number of aromatic amines is 1. The fourth-order valence-electron chi connectivity index (χ4n) is 2.85. The zero-order valence-electron chi connectivity index (χ0n) is 15.4. The van der Waals surface area contributed by atoms with E-state index in [1.807, 2.05) is 6.07 Å². The van der Waals surface area contributed by atoms with Crippen LogP contribution in [0.2, 0.25) is 0 Å². The molecule has 4 atom stereocenters. The highest BCUT2D eigenvalue weighted by Gasteiger charge is 2.45. The number of aliphatic imine (C=N–C) groups is 1. The third kappa shape index (κ3) is 3.87. The van der Waals surface area contributed by atoms with E-state index in [4.69, 9.17) is 14.7 Å². The first-order valence-corrected chi connectivity index (χ1v) is 8.56. The van der Waals surface area contributed by atoms with Crippen LogP contribution in [0.4, 0.5) is 5.95 Å². The number of aromatic nitrogens is 4. The minimum atomic E-state index is -1.13. The van der Waals surface area contributed by atoms with Crippen LogP contribution in [-0.4, -0.2) is 86.6 Å². The summed E-state index contributed by atoms with van der Waals surface area (Å²) in [6, 6.07) is 1.96. The molecule has 3 N–H and O–H groups in total. The first kappa shape index (κ1) is 19.9. The van der Waals surface area contributed by atoms with Gasteiger partial charge in [0, 0.05) is 14.1 Å². The lowest BCUT2D eigenvalue weighted by Crippen LogP contribution is -2.35. The van der Waals surface area contributed by atoms with Crippen LogP contribution in [-0.2, 0) is 9.47 Å². The molecule has 0 amide bonds. The van der Waals surface area contributed by atoms with E-state index in [-0.39, 0.29) is 30.1 Å². The van der Waals surface area contributed by atoms with Crippen LogP contribution >= 0.6 is 0 Å². The molecule has 1 aliphatic rings. The molecule has 1 aliphatic heterocycles. The molecule has 12 heteroatoms. The number of ether oxygens (including phenoxy) is 2. The molecule has 0 spiro atoms. The number of aliphatic hydroxyl groups excluding tert-OH is 2. The third-order valence-corrected chi connectivity index (χ3v) is 4.12. The SMILES string of the molecule is CN(C)/C=N/c1nc2c(ncn2[C@@H]2O[C@H](CO)C(O)C2OCCC#N)c(=O)[nH]1. The number of H-pyrrole nitrogens is 1. The Hall–Kier alpha value is -2.85. The molecule has 2 unspecified atom stereocenters. The van der Waals surface area contributed by atoms with Gasteiger partial charge in [-0.1, -0.05) is 0 Å². The number of fused-ring (bicyclic) bond motifs is 1. The number of rotatable bonds is 7. The minimum absolute atomic E-state index is 0.0742. The van der Waals surface area contributed by atoms with Crippen molar-refractivity contribution < 1.29 is 19.7 Å². The van der Waals surface area contributed by atoms with Crippen molar-refractivity contribution in [1.82, 2.24) is 24.4 Å². The van der Waals surface area contributed by atoms with Crippen molar-refractivity contribution in [2.75, 3.05) is 27.3 Å². The molecule has 150 valence electrons. The van der Waals surface area contributed by atoms with E-state index in [0.29, 0.717) is 0 Å². The van der Waals surface area contributed by atoms with Crippen LogP contribution in [0.3, 0.4) is 0 Å². The number of nitrogens with one attached hydrogen (secondary N) is 1. The highest BCUT2D eigenvalue weighted by atomic mass is 16.6. The summed E-state index contributed by atoms with van der Waals surface area (Å²) in [5, 5.41) is 28.6. The molecular weight excluding hydrogens is 370 g/mol. The van der Waals surface area contributed by atoms with Crippen LogP contribution in [0.5, 0.6) is 0 Å². The molecule has 3 rings (SSSR count). The van der Waals surface area contributed by atoms with Gasteiger partial charge in [-0.25, -0.2) is 9.98 Å². The second kappa shape index (κ2) is 8.44. The molecule has 2 aromatic heterocycles. The quantitative estimate of drug-likeness (QED) is 0.302. The second-order valence-electron chi connectivity index (χ2n) is 6.40. The summed E-state index contributed by atoms with van der Waals surface area (Å²) < 4.78 is 12.8. The van der Waals surface area contributed by atoms with Gasteiger partial charge in [0.1, 0.15) is 18.3 Å². The van der Waals surface area contributed by atoms with Crippen molar-refractivity contribution in [3.63, 3.8) is 0 Å². The lowest BCUT2D eigenvalue weighted by Gasteiger charge is -2.21. The molecule has 0 aliphatic carbocycles. The average molecular weight is 391 g/mol. The van der Waals surface area contributed by atoms with Crippen LogP contribution in [0.15, 0.2) is 16.1 Å². The predicted octanol–water partition coefficient (Wildman–Crippen LogP) is -1.11. The molecule has 0 bridgehead atoms. The molecule has 1 saturated heterocycles. The van der Waals surface area contributed by atoms with Crippen molar-refractivity contribution in [3.05, 3.63) is 16.7 Å². The summed E-state index contributed by atoms with van der Waals surface area (Å²) in [5.41, 5.74) is -0.210. The Balaban J connectivity index is 2.00. The zero-order chi connectivity index (χ0) is 20.3. The van der Waals surface area contributed by atoms with Crippen molar-refractivity contribution in [2.45, 2.75) is 31.0 Å². The van der Waals surface area contributed by atoms with Crippen molar-refractivity contribution in [2.24, 2.45) is 4.99 Å². The number of hydrogen-bond donors (Lipinski definition) is 3. The summed E-state index contributed by atoms with van der Waals surface area (Å²) in [6.07, 6.45) is -0.817. The number of hydrogen-bond acceptors (Lipinski definition) is 9. The number of aliphatic hydroxyl groups is 2. The van der Waals surface area contributed by atoms with Crippen LogP contribution < -0.4 is 5.56 Å². The second-order valence-corrected chi connectivity index (χ2v) is 6.40. The maximum absolute atomic E-state index is 12.3. The van der Waals surface area contributed by atoms with Crippen LogP contribution in [0, 0.1) is 11.3 Å². The Morgan fingerprint density at radius 3 is 3.04 bits per heavy atom. The lowest BCUT2D eigenvalue weighted by molar-refractivity contribution is -0.0693. The molecule has 3 heterocycles. The van der Waals surface area contributed by atoms with Gasteiger partial charge in [-0.2, -0.15) is 10.2 Å². The van der Waals surface area contributed by atoms with Gasteiger partial charge in [0.15, 0.2) is 17.4 Å². The van der Waals surface area contributed by atoms with Crippen molar-refractivity contribution in [3.8, 4) is 6.07 Å². The summed E-state index contributed by atoms with van der Waals surface area (Å²) >= 11 is 0. The van der Waals surface area contributed by atoms with Crippen molar-refractivity contribution in [1.29, 1.82) is 5.26 Å². The molecule has 0 radical (unpaired) electrons. The van der Waals surface area contributed by atoms with Gasteiger partial charge in [0.2, 0.25) is 5.95 Å². The predicted molar refractivity (Wildman–Crippen MR) is 97.0 cm³/mol. The normalized spacial score (nSPS) is 24.8. The molecular formula is C16H21N7O5. The Kier molecular flexibility index (Phi) is 6.00. The van der Waals surface area contributed by atoms with E-state index in [9.17, 15) is 15.0 Å². The Morgan fingerprint density at radius 2 is 2.36 bits per heavy atom. The fourth-order valence-corrected chi connectivity index (χ4v) is 2.85. The maximum atomic E-state index is 12.3. The van der Waals surface area contributed by atoms with Gasteiger partial charge in [-0.15, -0.1) is 0 Å². The van der Waals surface area contributed by atoms with Gasteiger partial charge >= 0.3 is 0 Å². The highest BCUT2D eigenvalue weighted by molar-refractivity contribution is 5.71. The Labute approximate surface area is 159 Å². The summed E-state index contributed by atoms with van der Waals surface area (Å²) in [4.78, 5) is 29.0. The van der Waals surface area contributed by atoms with Gasteiger partial charge in [0.25, 0.3) is 5.56 Å². The van der Waals surface area contributed by atoms with E-state index >= 15 is 0 Å².